The molecule has 0 amide bonds. The van der Waals surface area contributed by atoms with E-state index < -0.39 is 27.1 Å². The van der Waals surface area contributed by atoms with Gasteiger partial charge in [-0.05, 0) is 0 Å². The second-order valence-electron chi connectivity index (χ2n) is 4.55. The third-order valence-corrected chi connectivity index (χ3v) is 2.79. The molecule has 0 radical (unpaired) electrons. The molecule has 9 heteroatoms. The van der Waals surface area contributed by atoms with Crippen LogP contribution in [0.5, 0.6) is 0 Å². The number of phosphoric ester groups is 1. The Hall–Kier alpha value is -0.370. The Balaban J connectivity index is 3.95. The van der Waals surface area contributed by atoms with Gasteiger partial charge in [0.25, 0.3) is 0 Å². The standard InChI is InChI=1S/C8H19N2O6P/c1-10(2,3)4-5-15-17(13,14)16-7-8(6-11)9-12/h8,11H,4-7H2,1-3H3/p+1. The van der Waals surface area contributed by atoms with Crippen molar-refractivity contribution in [2.45, 2.75) is 6.04 Å². The van der Waals surface area contributed by atoms with Crippen LogP contribution in [0.4, 0.5) is 0 Å². The summed E-state index contributed by atoms with van der Waals surface area (Å²) in [4.78, 5) is 19.3. The molecular formula is C8H20N2O6P+. The molecule has 0 saturated heterocycles. The lowest BCUT2D eigenvalue weighted by atomic mass is 10.4. The summed E-state index contributed by atoms with van der Waals surface area (Å²) in [6.07, 6.45) is 0. The number of aliphatic hydroxyl groups is 1. The van der Waals surface area contributed by atoms with Crippen LogP contribution >= 0.6 is 7.82 Å². The molecule has 0 aromatic rings. The van der Waals surface area contributed by atoms with Gasteiger partial charge < -0.3 is 14.5 Å². The van der Waals surface area contributed by atoms with Gasteiger partial charge in [0.15, 0.2) is 0 Å². The first-order valence-electron chi connectivity index (χ1n) is 5.06. The third kappa shape index (κ3) is 9.34. The van der Waals surface area contributed by atoms with Crippen LogP contribution in [-0.4, -0.2) is 68.0 Å². The molecule has 0 aromatic heterocycles. The zero-order chi connectivity index (χ0) is 13.5. The SMILES string of the molecule is C[N+](C)(C)CCOP(=O)(O)OCC(CO)N=O. The van der Waals surface area contributed by atoms with Crippen molar-refractivity contribution in [3.8, 4) is 0 Å². The Morgan fingerprint density at radius 1 is 1.35 bits per heavy atom. The smallest absolute Gasteiger partial charge is 0.394 e. The molecule has 0 aliphatic heterocycles. The molecule has 0 rings (SSSR count). The molecular weight excluding hydrogens is 251 g/mol. The fraction of sp³-hybridized carbons (Fsp3) is 1.00. The lowest BCUT2D eigenvalue weighted by molar-refractivity contribution is -0.870. The topological polar surface area (TPSA) is 105 Å². The average molecular weight is 271 g/mol. The van der Waals surface area contributed by atoms with Crippen molar-refractivity contribution in [1.29, 1.82) is 0 Å². The molecule has 2 N–H and O–H groups in total. The number of likely N-dealkylation sites (N-methyl/N-ethyl adjacent to an activating group) is 1. The largest absolute Gasteiger partial charge is 0.472 e. The highest BCUT2D eigenvalue weighted by Crippen LogP contribution is 2.43. The fourth-order valence-corrected chi connectivity index (χ4v) is 1.51. The number of aliphatic hydroxyl groups excluding tert-OH is 1. The predicted molar refractivity (Wildman–Crippen MR) is 61.3 cm³/mol. The van der Waals surface area contributed by atoms with Crippen LogP contribution in [0, 0.1) is 4.91 Å². The number of nitroso groups, excluding NO2 is 1. The van der Waals surface area contributed by atoms with E-state index in [1.165, 1.54) is 0 Å². The van der Waals surface area contributed by atoms with Crippen LogP contribution in [0.25, 0.3) is 0 Å². The van der Waals surface area contributed by atoms with Crippen LogP contribution < -0.4 is 0 Å². The fourth-order valence-electron chi connectivity index (χ4n) is 0.764. The van der Waals surface area contributed by atoms with E-state index in [0.717, 1.165) is 0 Å². The van der Waals surface area contributed by atoms with E-state index in [9.17, 15) is 14.4 Å². The van der Waals surface area contributed by atoms with Crippen LogP contribution in [0.15, 0.2) is 5.18 Å². The average Bonchev–Trinajstić information content (AvgIpc) is 2.16. The van der Waals surface area contributed by atoms with Crippen LogP contribution in [0.2, 0.25) is 0 Å². The molecule has 102 valence electrons. The third-order valence-electron chi connectivity index (χ3n) is 1.81. The minimum Gasteiger partial charge on any atom is -0.394 e. The number of phosphoric acid groups is 1. The van der Waals surface area contributed by atoms with Gasteiger partial charge in [-0.25, -0.2) is 4.57 Å². The monoisotopic (exact) mass is 271 g/mol. The Kier molecular flexibility index (Phi) is 6.99. The Labute approximate surface area is 100 Å². The highest BCUT2D eigenvalue weighted by molar-refractivity contribution is 7.47. The number of rotatable bonds is 9. The zero-order valence-corrected chi connectivity index (χ0v) is 11.2. The maximum Gasteiger partial charge on any atom is 0.472 e. The van der Waals surface area contributed by atoms with Gasteiger partial charge in [0.2, 0.25) is 0 Å². The first-order chi connectivity index (χ1) is 7.70. The number of hydrogen-bond acceptors (Lipinski definition) is 6. The van der Waals surface area contributed by atoms with Gasteiger partial charge >= 0.3 is 7.82 Å². The van der Waals surface area contributed by atoms with Crippen LogP contribution in [0.1, 0.15) is 0 Å². The van der Waals surface area contributed by atoms with Gasteiger partial charge in [0.05, 0.1) is 34.4 Å². The Bertz CT molecular complexity index is 280. The van der Waals surface area contributed by atoms with Gasteiger partial charge in [-0.1, -0.05) is 5.18 Å². The molecule has 8 nitrogen and oxygen atoms in total. The van der Waals surface area contributed by atoms with E-state index >= 15 is 0 Å². The lowest BCUT2D eigenvalue weighted by Crippen LogP contribution is -2.37. The lowest BCUT2D eigenvalue weighted by Gasteiger charge is -2.24. The van der Waals surface area contributed by atoms with Crippen LogP contribution in [-0.2, 0) is 13.6 Å². The van der Waals surface area contributed by atoms with Gasteiger partial charge in [-0.2, -0.15) is 4.91 Å². The predicted octanol–water partition coefficient (Wildman–Crippen LogP) is -0.0465. The highest BCUT2D eigenvalue weighted by atomic mass is 31.2. The minimum atomic E-state index is -4.18. The zero-order valence-electron chi connectivity index (χ0n) is 10.3. The molecule has 2 unspecified atom stereocenters. The second kappa shape index (κ2) is 7.15. The molecule has 0 heterocycles. The van der Waals surface area contributed by atoms with E-state index in [2.05, 4.69) is 9.70 Å². The van der Waals surface area contributed by atoms with E-state index in [1.54, 1.807) is 0 Å². The minimum absolute atomic E-state index is 0.0512. The molecule has 0 spiro atoms. The van der Waals surface area contributed by atoms with Crippen molar-refractivity contribution in [2.24, 2.45) is 5.18 Å². The van der Waals surface area contributed by atoms with E-state index in [-0.39, 0.29) is 6.61 Å². The summed E-state index contributed by atoms with van der Waals surface area (Å²) in [5.74, 6) is 0. The molecule has 0 aliphatic carbocycles. The van der Waals surface area contributed by atoms with Crippen molar-refractivity contribution in [3.63, 3.8) is 0 Å². The summed E-state index contributed by atoms with van der Waals surface area (Å²) < 4.78 is 21.1. The van der Waals surface area contributed by atoms with E-state index in [4.69, 9.17) is 9.63 Å². The highest BCUT2D eigenvalue weighted by Gasteiger charge is 2.24. The molecule has 0 saturated carbocycles. The molecule has 2 atom stereocenters. The summed E-state index contributed by atoms with van der Waals surface area (Å²) in [6.45, 7) is -0.403. The summed E-state index contributed by atoms with van der Waals surface area (Å²) in [7, 11) is 1.54. The van der Waals surface area contributed by atoms with Gasteiger partial charge in [-0.15, -0.1) is 0 Å². The van der Waals surface area contributed by atoms with Crippen molar-refractivity contribution >= 4 is 7.82 Å². The number of quaternary nitrogens is 1. The van der Waals surface area contributed by atoms with Crippen molar-refractivity contribution in [3.05, 3.63) is 4.91 Å². The summed E-state index contributed by atoms with van der Waals surface area (Å²) in [6, 6.07) is -1.06. The quantitative estimate of drug-likeness (QED) is 0.346. The summed E-state index contributed by atoms with van der Waals surface area (Å²) in [5, 5.41) is 11.1. The van der Waals surface area contributed by atoms with E-state index in [0.29, 0.717) is 11.0 Å². The van der Waals surface area contributed by atoms with Crippen molar-refractivity contribution in [1.82, 2.24) is 0 Å². The summed E-state index contributed by atoms with van der Waals surface area (Å²) in [5.41, 5.74) is 0. The molecule has 0 aliphatic rings. The maximum atomic E-state index is 11.3. The Morgan fingerprint density at radius 2 is 1.94 bits per heavy atom. The number of hydrogen-bond donors (Lipinski definition) is 2. The summed E-state index contributed by atoms with van der Waals surface area (Å²) >= 11 is 0. The first kappa shape index (κ1) is 16.6. The molecule has 0 aromatic carbocycles. The van der Waals surface area contributed by atoms with Crippen LogP contribution in [0.3, 0.4) is 0 Å². The number of nitrogens with zero attached hydrogens (tertiary/aromatic N) is 2. The van der Waals surface area contributed by atoms with Crippen molar-refractivity contribution < 1.29 is 28.1 Å². The molecule has 17 heavy (non-hydrogen) atoms. The Morgan fingerprint density at radius 3 is 2.35 bits per heavy atom. The van der Waals surface area contributed by atoms with Crippen molar-refractivity contribution in [2.75, 3.05) is 47.5 Å². The molecule has 0 fully saturated rings. The normalized spacial score (nSPS) is 17.5. The van der Waals surface area contributed by atoms with Gasteiger partial charge in [-0.3, -0.25) is 9.05 Å². The van der Waals surface area contributed by atoms with Gasteiger partial charge in [0.1, 0.15) is 19.2 Å². The maximum absolute atomic E-state index is 11.3. The van der Waals surface area contributed by atoms with E-state index in [1.807, 2.05) is 21.1 Å². The first-order valence-corrected chi connectivity index (χ1v) is 6.55. The van der Waals surface area contributed by atoms with Gasteiger partial charge in [0, 0.05) is 0 Å². The second-order valence-corrected chi connectivity index (χ2v) is 6.01. The molecule has 0 bridgehead atoms.